The summed E-state index contributed by atoms with van der Waals surface area (Å²) in [6.07, 6.45) is 3.04. The van der Waals surface area contributed by atoms with Gasteiger partial charge in [0.1, 0.15) is 0 Å². The first-order valence-electron chi connectivity index (χ1n) is 4.15. The van der Waals surface area contributed by atoms with Crippen LogP contribution in [0.4, 0.5) is 0 Å². The Bertz CT molecular complexity index is 335. The van der Waals surface area contributed by atoms with Crippen LogP contribution in [0.15, 0.2) is 29.6 Å². The summed E-state index contributed by atoms with van der Waals surface area (Å²) in [7, 11) is 0. The molecule has 0 saturated carbocycles. The van der Waals surface area contributed by atoms with Gasteiger partial charge in [0.2, 0.25) is 5.78 Å². The van der Waals surface area contributed by atoms with Gasteiger partial charge in [0.05, 0.1) is 6.61 Å². The Morgan fingerprint density at radius 3 is 2.71 bits per heavy atom. The molecule has 5 heteroatoms. The predicted octanol–water partition coefficient (Wildman–Crippen LogP) is 0.573. The first-order valence-corrected chi connectivity index (χ1v) is 4.15. The molecule has 1 aromatic heterocycles. The summed E-state index contributed by atoms with van der Waals surface area (Å²) >= 11 is 0. The third-order valence-electron chi connectivity index (χ3n) is 1.54. The van der Waals surface area contributed by atoms with E-state index in [4.69, 9.17) is 10.6 Å². The third-order valence-corrected chi connectivity index (χ3v) is 1.54. The van der Waals surface area contributed by atoms with Crippen molar-refractivity contribution in [1.29, 1.82) is 0 Å². The third kappa shape index (κ3) is 2.29. The molecule has 0 aromatic carbocycles. The molecule has 0 saturated heterocycles. The number of rotatable bonds is 3. The van der Waals surface area contributed by atoms with Crippen molar-refractivity contribution < 1.29 is 9.53 Å². The van der Waals surface area contributed by atoms with Crippen LogP contribution >= 0.6 is 0 Å². The number of nitrogens with zero attached hydrogens (tertiary/aromatic N) is 2. The highest BCUT2D eigenvalue weighted by molar-refractivity contribution is 6.42. The van der Waals surface area contributed by atoms with Crippen LogP contribution in [0.25, 0.3) is 0 Å². The lowest BCUT2D eigenvalue weighted by Crippen LogP contribution is -2.19. The molecule has 0 fully saturated rings. The highest BCUT2D eigenvalue weighted by atomic mass is 16.5. The normalized spacial score (nSPS) is 11.1. The second kappa shape index (κ2) is 4.96. The minimum Gasteiger partial charge on any atom is -0.474 e. The molecular weight excluding hydrogens is 182 g/mol. The molecule has 74 valence electrons. The number of ketones is 1. The molecule has 0 aliphatic heterocycles. The Balaban J connectivity index is 2.85. The van der Waals surface area contributed by atoms with Crippen molar-refractivity contribution in [3.8, 4) is 0 Å². The number of ether oxygens (including phenoxy) is 1. The second-order valence-corrected chi connectivity index (χ2v) is 2.43. The van der Waals surface area contributed by atoms with Gasteiger partial charge in [-0.25, -0.2) is 0 Å². The number of nitrogens with two attached hydrogens (primary N) is 1. The fourth-order valence-corrected chi connectivity index (χ4v) is 0.925. The van der Waals surface area contributed by atoms with Gasteiger partial charge in [-0.3, -0.25) is 9.78 Å². The van der Waals surface area contributed by atoms with Gasteiger partial charge in [-0.2, -0.15) is 0 Å². The van der Waals surface area contributed by atoms with Gasteiger partial charge in [-0.05, 0) is 19.1 Å². The second-order valence-electron chi connectivity index (χ2n) is 2.43. The summed E-state index contributed by atoms with van der Waals surface area (Å²) in [5.74, 6) is 4.60. The van der Waals surface area contributed by atoms with Crippen molar-refractivity contribution in [2.45, 2.75) is 6.92 Å². The van der Waals surface area contributed by atoms with Crippen LogP contribution in [-0.4, -0.2) is 23.3 Å². The van der Waals surface area contributed by atoms with E-state index in [1.54, 1.807) is 19.1 Å². The fraction of sp³-hybridized carbons (Fsp3) is 0.222. The SMILES string of the molecule is CCO/C(=N/N)C(=O)c1ccncc1. The van der Waals surface area contributed by atoms with E-state index < -0.39 is 0 Å². The highest BCUT2D eigenvalue weighted by Crippen LogP contribution is 2.00. The molecule has 0 amide bonds. The molecule has 1 rings (SSSR count). The molecule has 0 spiro atoms. The van der Waals surface area contributed by atoms with Crippen molar-refractivity contribution >= 4 is 11.7 Å². The molecule has 1 aromatic rings. The average Bonchev–Trinajstić information content (AvgIpc) is 2.26. The van der Waals surface area contributed by atoms with Gasteiger partial charge in [-0.15, -0.1) is 5.10 Å². The van der Waals surface area contributed by atoms with Crippen molar-refractivity contribution in [2.75, 3.05) is 6.61 Å². The molecule has 0 unspecified atom stereocenters. The number of hydrazone groups is 1. The molecule has 2 N–H and O–H groups in total. The maximum Gasteiger partial charge on any atom is 0.279 e. The predicted molar refractivity (Wildman–Crippen MR) is 51.8 cm³/mol. The van der Waals surface area contributed by atoms with Crippen LogP contribution < -0.4 is 5.84 Å². The molecule has 0 radical (unpaired) electrons. The number of aromatic nitrogens is 1. The zero-order valence-electron chi connectivity index (χ0n) is 7.80. The van der Waals surface area contributed by atoms with E-state index in [1.807, 2.05) is 0 Å². The van der Waals surface area contributed by atoms with E-state index in [0.717, 1.165) is 0 Å². The number of pyridine rings is 1. The number of hydrogen-bond acceptors (Lipinski definition) is 5. The van der Waals surface area contributed by atoms with Gasteiger partial charge in [0, 0.05) is 18.0 Å². The molecule has 14 heavy (non-hydrogen) atoms. The highest BCUT2D eigenvalue weighted by Gasteiger charge is 2.14. The van der Waals surface area contributed by atoms with Crippen LogP contribution in [0, 0.1) is 0 Å². The van der Waals surface area contributed by atoms with E-state index in [0.29, 0.717) is 12.2 Å². The van der Waals surface area contributed by atoms with E-state index >= 15 is 0 Å². The summed E-state index contributed by atoms with van der Waals surface area (Å²) < 4.78 is 4.96. The fourth-order valence-electron chi connectivity index (χ4n) is 0.925. The Morgan fingerprint density at radius 2 is 2.21 bits per heavy atom. The monoisotopic (exact) mass is 193 g/mol. The molecule has 0 bridgehead atoms. The van der Waals surface area contributed by atoms with Crippen LogP contribution in [0.5, 0.6) is 0 Å². The summed E-state index contributed by atoms with van der Waals surface area (Å²) in [6, 6.07) is 3.15. The van der Waals surface area contributed by atoms with E-state index in [2.05, 4.69) is 10.1 Å². The molecule has 1 heterocycles. The number of carbonyl (C=O) groups is 1. The van der Waals surface area contributed by atoms with Crippen LogP contribution in [0.3, 0.4) is 0 Å². The number of carbonyl (C=O) groups excluding carboxylic acids is 1. The topological polar surface area (TPSA) is 77.6 Å². The Morgan fingerprint density at radius 1 is 1.57 bits per heavy atom. The number of Topliss-reactive ketones (excluding diaryl/α,β-unsaturated/α-hetero) is 1. The van der Waals surface area contributed by atoms with Crippen molar-refractivity contribution in [2.24, 2.45) is 10.9 Å². The summed E-state index contributed by atoms with van der Waals surface area (Å²) in [5.41, 5.74) is 0.456. The Hall–Kier alpha value is -1.91. The quantitative estimate of drug-likeness (QED) is 0.250. The van der Waals surface area contributed by atoms with Crippen LogP contribution in [0.2, 0.25) is 0 Å². The van der Waals surface area contributed by atoms with E-state index in [-0.39, 0.29) is 11.7 Å². The lowest BCUT2D eigenvalue weighted by Gasteiger charge is -2.03. The molecule has 0 aliphatic carbocycles. The number of hydrogen-bond donors (Lipinski definition) is 1. The first kappa shape index (κ1) is 10.2. The Labute approximate surface area is 81.6 Å². The molecular formula is C9H11N3O2. The average molecular weight is 193 g/mol. The lowest BCUT2D eigenvalue weighted by molar-refractivity contribution is 0.103. The van der Waals surface area contributed by atoms with Gasteiger partial charge in [0.25, 0.3) is 5.90 Å². The van der Waals surface area contributed by atoms with Crippen LogP contribution in [-0.2, 0) is 4.74 Å². The van der Waals surface area contributed by atoms with E-state index in [1.165, 1.54) is 12.4 Å². The van der Waals surface area contributed by atoms with Gasteiger partial charge < -0.3 is 10.6 Å². The van der Waals surface area contributed by atoms with Gasteiger partial charge in [0.15, 0.2) is 0 Å². The molecule has 0 aliphatic rings. The maximum atomic E-state index is 11.6. The van der Waals surface area contributed by atoms with Crippen molar-refractivity contribution in [3.63, 3.8) is 0 Å². The van der Waals surface area contributed by atoms with Crippen LogP contribution in [0.1, 0.15) is 17.3 Å². The van der Waals surface area contributed by atoms with E-state index in [9.17, 15) is 4.79 Å². The standard InChI is InChI=1S/C9H11N3O2/c1-2-14-9(12-10)8(13)7-3-5-11-6-4-7/h3-6H,2,10H2,1H3/b12-9+. The first-order chi connectivity index (χ1) is 6.79. The largest absolute Gasteiger partial charge is 0.474 e. The van der Waals surface area contributed by atoms with Crippen molar-refractivity contribution in [3.05, 3.63) is 30.1 Å². The molecule has 5 nitrogen and oxygen atoms in total. The summed E-state index contributed by atoms with van der Waals surface area (Å²) in [6.45, 7) is 2.11. The summed E-state index contributed by atoms with van der Waals surface area (Å²) in [5, 5.41) is 3.28. The van der Waals surface area contributed by atoms with Gasteiger partial charge in [-0.1, -0.05) is 0 Å². The smallest absolute Gasteiger partial charge is 0.279 e. The minimum absolute atomic E-state index is 0.0845. The zero-order valence-corrected chi connectivity index (χ0v) is 7.80. The molecule has 0 atom stereocenters. The maximum absolute atomic E-state index is 11.6. The Kier molecular flexibility index (Phi) is 3.60. The summed E-state index contributed by atoms with van der Waals surface area (Å²) in [4.78, 5) is 15.4. The minimum atomic E-state index is -0.336. The van der Waals surface area contributed by atoms with Crippen molar-refractivity contribution in [1.82, 2.24) is 4.98 Å². The lowest BCUT2D eigenvalue weighted by atomic mass is 10.2. The van der Waals surface area contributed by atoms with Gasteiger partial charge >= 0.3 is 0 Å². The zero-order chi connectivity index (χ0) is 10.4.